The quantitative estimate of drug-likeness (QED) is 0.342. The van der Waals surface area contributed by atoms with Crippen LogP contribution in [-0.4, -0.2) is 27.6 Å². The maximum Gasteiger partial charge on any atom is 0.0995 e. The number of anilines is 1. The first-order chi connectivity index (χ1) is 15.0. The highest BCUT2D eigenvalue weighted by Gasteiger charge is 2.12. The van der Waals surface area contributed by atoms with Gasteiger partial charge in [0.15, 0.2) is 0 Å². The molecular weight excluding hydrogens is 400 g/mol. The number of rotatable bonds is 7. The molecular formula is C26H30N4S. The van der Waals surface area contributed by atoms with Crippen molar-refractivity contribution in [2.75, 3.05) is 18.0 Å². The zero-order chi connectivity index (χ0) is 22.0. The Kier molecular flexibility index (Phi) is 6.23. The Balaban J connectivity index is 1.52. The number of nitrogens with zero attached hydrogens (tertiary/aromatic N) is 4. The molecule has 4 rings (SSSR count). The molecule has 0 unspecified atom stereocenters. The van der Waals surface area contributed by atoms with Crippen LogP contribution in [0.3, 0.4) is 0 Å². The Hall–Kier alpha value is -2.92. The molecule has 0 aliphatic heterocycles. The average Bonchev–Trinajstić information content (AvgIpc) is 3.41. The minimum atomic E-state index is 0.877. The van der Waals surface area contributed by atoms with Gasteiger partial charge in [-0.1, -0.05) is 18.2 Å². The summed E-state index contributed by atoms with van der Waals surface area (Å²) in [6.45, 7) is 12.9. The smallest absolute Gasteiger partial charge is 0.0995 e. The molecule has 0 N–H and O–H groups in total. The molecule has 0 spiro atoms. The first-order valence-corrected chi connectivity index (χ1v) is 11.8. The molecule has 0 atom stereocenters. The SMILES string of the molecule is CCN(CC)c1cc(C)c(Cc2nc(-c3ccc(-n4cnc(C)c4)cc3)cs2)cc1C. The van der Waals surface area contributed by atoms with Crippen molar-refractivity contribution in [3.05, 3.63) is 81.7 Å². The molecule has 4 aromatic rings. The molecule has 0 saturated carbocycles. The van der Waals surface area contributed by atoms with Crippen molar-refractivity contribution in [3.8, 4) is 16.9 Å². The van der Waals surface area contributed by atoms with E-state index in [2.05, 4.69) is 79.4 Å². The summed E-state index contributed by atoms with van der Waals surface area (Å²) in [7, 11) is 0. The molecule has 2 aromatic heterocycles. The van der Waals surface area contributed by atoms with Gasteiger partial charge in [-0.25, -0.2) is 9.97 Å². The van der Waals surface area contributed by atoms with Gasteiger partial charge < -0.3 is 9.47 Å². The van der Waals surface area contributed by atoms with Crippen molar-refractivity contribution in [2.24, 2.45) is 0 Å². The molecule has 0 amide bonds. The van der Waals surface area contributed by atoms with E-state index in [1.165, 1.54) is 22.4 Å². The number of benzene rings is 2. The monoisotopic (exact) mass is 430 g/mol. The first kappa shape index (κ1) is 21.3. The van der Waals surface area contributed by atoms with Crippen LogP contribution in [0.5, 0.6) is 0 Å². The lowest BCUT2D eigenvalue weighted by molar-refractivity contribution is 0.859. The van der Waals surface area contributed by atoms with Crippen LogP contribution < -0.4 is 4.90 Å². The fourth-order valence-corrected chi connectivity index (χ4v) is 4.84. The van der Waals surface area contributed by atoms with Crippen LogP contribution in [0.2, 0.25) is 0 Å². The second-order valence-corrected chi connectivity index (χ2v) is 8.95. The molecule has 5 heteroatoms. The van der Waals surface area contributed by atoms with Crippen LogP contribution >= 0.6 is 11.3 Å². The van der Waals surface area contributed by atoms with E-state index in [9.17, 15) is 0 Å². The van der Waals surface area contributed by atoms with Crippen LogP contribution in [0.1, 0.15) is 41.2 Å². The summed E-state index contributed by atoms with van der Waals surface area (Å²) < 4.78 is 2.04. The van der Waals surface area contributed by atoms with Crippen molar-refractivity contribution in [1.29, 1.82) is 0 Å². The van der Waals surface area contributed by atoms with E-state index in [4.69, 9.17) is 4.98 Å². The van der Waals surface area contributed by atoms with E-state index in [-0.39, 0.29) is 0 Å². The molecule has 31 heavy (non-hydrogen) atoms. The Morgan fingerprint density at radius 3 is 2.35 bits per heavy atom. The van der Waals surface area contributed by atoms with E-state index in [1.807, 2.05) is 24.0 Å². The minimum absolute atomic E-state index is 0.877. The van der Waals surface area contributed by atoms with E-state index < -0.39 is 0 Å². The number of thiazole rings is 1. The second kappa shape index (κ2) is 9.06. The molecule has 160 valence electrons. The third-order valence-corrected chi connectivity index (χ3v) is 6.67. The third-order valence-electron chi connectivity index (χ3n) is 5.82. The van der Waals surface area contributed by atoms with E-state index in [0.29, 0.717) is 0 Å². The summed E-state index contributed by atoms with van der Waals surface area (Å²) in [4.78, 5) is 11.7. The van der Waals surface area contributed by atoms with Gasteiger partial charge in [0.1, 0.15) is 0 Å². The zero-order valence-electron chi connectivity index (χ0n) is 19.0. The predicted molar refractivity (Wildman–Crippen MR) is 132 cm³/mol. The van der Waals surface area contributed by atoms with Gasteiger partial charge >= 0.3 is 0 Å². The molecule has 4 nitrogen and oxygen atoms in total. The van der Waals surface area contributed by atoms with Crippen molar-refractivity contribution >= 4 is 17.0 Å². The summed E-state index contributed by atoms with van der Waals surface area (Å²) in [6, 6.07) is 13.2. The minimum Gasteiger partial charge on any atom is -0.372 e. The highest BCUT2D eigenvalue weighted by molar-refractivity contribution is 7.10. The summed E-state index contributed by atoms with van der Waals surface area (Å²) in [6.07, 6.45) is 4.76. The molecule has 0 aliphatic carbocycles. The second-order valence-electron chi connectivity index (χ2n) is 8.01. The zero-order valence-corrected chi connectivity index (χ0v) is 19.8. The van der Waals surface area contributed by atoms with Crippen LogP contribution in [0.15, 0.2) is 54.3 Å². The summed E-state index contributed by atoms with van der Waals surface area (Å²) in [5, 5.41) is 3.32. The Morgan fingerprint density at radius 2 is 1.71 bits per heavy atom. The van der Waals surface area contributed by atoms with Gasteiger partial charge in [-0.05, 0) is 69.5 Å². The first-order valence-electron chi connectivity index (χ1n) is 10.9. The van der Waals surface area contributed by atoms with E-state index in [0.717, 1.165) is 47.2 Å². The molecule has 2 heterocycles. The molecule has 2 aromatic carbocycles. The third kappa shape index (κ3) is 4.57. The summed E-state index contributed by atoms with van der Waals surface area (Å²) in [5.41, 5.74) is 9.70. The van der Waals surface area contributed by atoms with Crippen molar-refractivity contribution in [2.45, 2.75) is 41.0 Å². The fraction of sp³-hybridized carbons (Fsp3) is 0.308. The lowest BCUT2D eigenvalue weighted by Gasteiger charge is -2.24. The average molecular weight is 431 g/mol. The van der Waals surface area contributed by atoms with Gasteiger partial charge in [0.05, 0.1) is 22.7 Å². The molecule has 0 bridgehead atoms. The van der Waals surface area contributed by atoms with Crippen molar-refractivity contribution < 1.29 is 0 Å². The molecule has 0 fully saturated rings. The van der Waals surface area contributed by atoms with Crippen LogP contribution in [-0.2, 0) is 6.42 Å². The van der Waals surface area contributed by atoms with Gasteiger partial charge in [-0.2, -0.15) is 0 Å². The van der Waals surface area contributed by atoms with Gasteiger partial charge in [0, 0.05) is 48.0 Å². The van der Waals surface area contributed by atoms with Crippen LogP contribution in [0.4, 0.5) is 5.69 Å². The normalized spacial score (nSPS) is 11.1. The van der Waals surface area contributed by atoms with Crippen LogP contribution in [0.25, 0.3) is 16.9 Å². The Labute approximate surface area is 189 Å². The Morgan fingerprint density at radius 1 is 0.968 bits per heavy atom. The maximum atomic E-state index is 4.93. The fourth-order valence-electron chi connectivity index (χ4n) is 4.01. The lowest BCUT2D eigenvalue weighted by atomic mass is 10.0. The van der Waals surface area contributed by atoms with Gasteiger partial charge in [-0.3, -0.25) is 0 Å². The Bertz CT molecular complexity index is 1170. The van der Waals surface area contributed by atoms with E-state index >= 15 is 0 Å². The van der Waals surface area contributed by atoms with Crippen molar-refractivity contribution in [3.63, 3.8) is 0 Å². The standard InChI is InChI=1S/C26H30N4S/c1-6-29(7-2)25-13-18(3)22(12-19(25)4)14-26-28-24(16-31-26)21-8-10-23(11-9-21)30-15-20(5)27-17-30/h8-13,15-17H,6-7,14H2,1-5H3. The summed E-state index contributed by atoms with van der Waals surface area (Å²) >= 11 is 1.74. The number of aryl methyl sites for hydroxylation is 3. The molecule has 0 radical (unpaired) electrons. The summed E-state index contributed by atoms with van der Waals surface area (Å²) in [5.74, 6) is 0. The number of hydrogen-bond acceptors (Lipinski definition) is 4. The van der Waals surface area contributed by atoms with Crippen LogP contribution in [0, 0.1) is 20.8 Å². The largest absolute Gasteiger partial charge is 0.372 e. The topological polar surface area (TPSA) is 34.0 Å². The highest BCUT2D eigenvalue weighted by atomic mass is 32.1. The van der Waals surface area contributed by atoms with Gasteiger partial charge in [-0.15, -0.1) is 11.3 Å². The number of hydrogen-bond donors (Lipinski definition) is 0. The predicted octanol–water partition coefficient (Wildman–Crippen LogP) is 6.36. The number of aromatic nitrogens is 3. The molecule has 0 aliphatic rings. The highest BCUT2D eigenvalue weighted by Crippen LogP contribution is 2.28. The maximum absolute atomic E-state index is 4.93. The van der Waals surface area contributed by atoms with E-state index in [1.54, 1.807) is 11.3 Å². The van der Waals surface area contributed by atoms with Gasteiger partial charge in [0.2, 0.25) is 0 Å². The molecule has 0 saturated heterocycles. The van der Waals surface area contributed by atoms with Gasteiger partial charge in [0.25, 0.3) is 0 Å². The number of imidazole rings is 1. The lowest BCUT2D eigenvalue weighted by Crippen LogP contribution is -2.23. The van der Waals surface area contributed by atoms with Crippen molar-refractivity contribution in [1.82, 2.24) is 14.5 Å².